The molecule has 3 rings (SSSR count). The number of cyclic esters (lactones) is 1. The van der Waals surface area contributed by atoms with E-state index in [1.54, 1.807) is 34.4 Å². The number of amides is 2. The van der Waals surface area contributed by atoms with Gasteiger partial charge in [-0.15, -0.1) is 0 Å². The first-order valence-corrected chi connectivity index (χ1v) is 10.2. The zero-order chi connectivity index (χ0) is 19.2. The first-order valence-electron chi connectivity index (χ1n) is 9.22. The molecule has 1 aliphatic heterocycles. The zero-order valence-corrected chi connectivity index (χ0v) is 16.5. The Morgan fingerprint density at radius 1 is 1.33 bits per heavy atom. The van der Waals surface area contributed by atoms with Crippen molar-refractivity contribution in [2.75, 3.05) is 37.7 Å². The molecule has 1 N–H and O–H groups in total. The Labute approximate surface area is 163 Å². The number of thiophene rings is 1. The minimum absolute atomic E-state index is 0.142. The fourth-order valence-electron chi connectivity index (χ4n) is 3.32. The molecule has 1 atom stereocenters. The van der Waals surface area contributed by atoms with Gasteiger partial charge in [-0.05, 0) is 53.7 Å². The third-order valence-electron chi connectivity index (χ3n) is 4.82. The summed E-state index contributed by atoms with van der Waals surface area (Å²) in [6.07, 6.45) is -0.369. The average Bonchev–Trinajstić information content (AvgIpc) is 3.36. The molecule has 0 bridgehead atoms. The SMILES string of the molecule is CCN(CC)C(CNC(=O)c1cccc(N2CCOC2=O)c1)c1ccsc1. The molecule has 0 spiro atoms. The molecule has 2 amide bonds. The number of nitrogens with one attached hydrogen (secondary N) is 1. The van der Waals surface area contributed by atoms with Crippen molar-refractivity contribution in [3.8, 4) is 0 Å². The van der Waals surface area contributed by atoms with E-state index in [2.05, 4.69) is 40.9 Å². The van der Waals surface area contributed by atoms with Gasteiger partial charge in [-0.2, -0.15) is 11.3 Å². The van der Waals surface area contributed by atoms with Crippen LogP contribution in [0.4, 0.5) is 10.5 Å². The third-order valence-corrected chi connectivity index (χ3v) is 5.52. The van der Waals surface area contributed by atoms with Gasteiger partial charge in [-0.25, -0.2) is 4.79 Å². The first kappa shape index (κ1) is 19.4. The van der Waals surface area contributed by atoms with Gasteiger partial charge in [0, 0.05) is 17.8 Å². The lowest BCUT2D eigenvalue weighted by atomic mass is 10.1. The maximum absolute atomic E-state index is 12.7. The van der Waals surface area contributed by atoms with Crippen LogP contribution in [-0.2, 0) is 4.74 Å². The smallest absolute Gasteiger partial charge is 0.414 e. The van der Waals surface area contributed by atoms with Crippen molar-refractivity contribution in [1.82, 2.24) is 10.2 Å². The van der Waals surface area contributed by atoms with E-state index >= 15 is 0 Å². The highest BCUT2D eigenvalue weighted by atomic mass is 32.1. The Hall–Kier alpha value is -2.38. The van der Waals surface area contributed by atoms with E-state index in [0.29, 0.717) is 30.9 Å². The Morgan fingerprint density at radius 3 is 2.78 bits per heavy atom. The summed E-state index contributed by atoms with van der Waals surface area (Å²) in [7, 11) is 0. The summed E-state index contributed by atoms with van der Waals surface area (Å²) in [6.45, 7) is 7.51. The molecule has 27 heavy (non-hydrogen) atoms. The van der Waals surface area contributed by atoms with Crippen molar-refractivity contribution < 1.29 is 14.3 Å². The minimum atomic E-state index is -0.369. The van der Waals surface area contributed by atoms with Gasteiger partial charge < -0.3 is 10.1 Å². The fourth-order valence-corrected chi connectivity index (χ4v) is 4.03. The average molecular weight is 388 g/mol. The Morgan fingerprint density at radius 2 is 2.15 bits per heavy atom. The molecule has 0 radical (unpaired) electrons. The number of benzene rings is 1. The van der Waals surface area contributed by atoms with Crippen molar-refractivity contribution in [2.24, 2.45) is 0 Å². The standard InChI is InChI=1S/C20H25N3O3S/c1-3-22(4-2)18(16-8-11-27-14-16)13-21-19(24)15-6-5-7-17(12-15)23-9-10-26-20(23)25/h5-8,11-12,14,18H,3-4,9-10,13H2,1-2H3,(H,21,24). The van der Waals surface area contributed by atoms with Crippen LogP contribution >= 0.6 is 11.3 Å². The van der Waals surface area contributed by atoms with Crippen LogP contribution in [-0.4, -0.2) is 49.7 Å². The molecular weight excluding hydrogens is 362 g/mol. The van der Waals surface area contributed by atoms with Crippen LogP contribution in [0, 0.1) is 0 Å². The number of rotatable bonds is 8. The number of carbonyl (C=O) groups is 2. The summed E-state index contributed by atoms with van der Waals surface area (Å²) in [5.74, 6) is -0.142. The van der Waals surface area contributed by atoms with Crippen molar-refractivity contribution in [2.45, 2.75) is 19.9 Å². The highest BCUT2D eigenvalue weighted by molar-refractivity contribution is 7.07. The predicted octanol–water partition coefficient (Wildman–Crippen LogP) is 3.52. The van der Waals surface area contributed by atoms with Crippen LogP contribution < -0.4 is 10.2 Å². The van der Waals surface area contributed by atoms with E-state index in [9.17, 15) is 9.59 Å². The number of likely N-dealkylation sites (N-methyl/N-ethyl adjacent to an activating group) is 1. The number of ether oxygens (including phenoxy) is 1. The highest BCUT2D eigenvalue weighted by Gasteiger charge is 2.24. The maximum atomic E-state index is 12.7. The van der Waals surface area contributed by atoms with E-state index < -0.39 is 0 Å². The first-order chi connectivity index (χ1) is 13.1. The lowest BCUT2D eigenvalue weighted by Gasteiger charge is -2.29. The minimum Gasteiger partial charge on any atom is -0.447 e. The molecule has 0 aliphatic carbocycles. The number of hydrogen-bond donors (Lipinski definition) is 1. The Kier molecular flexibility index (Phi) is 6.47. The summed E-state index contributed by atoms with van der Waals surface area (Å²) >= 11 is 1.66. The van der Waals surface area contributed by atoms with Crippen molar-refractivity contribution >= 4 is 29.0 Å². The second-order valence-electron chi connectivity index (χ2n) is 6.32. The maximum Gasteiger partial charge on any atom is 0.414 e. The molecule has 1 fully saturated rings. The van der Waals surface area contributed by atoms with Crippen molar-refractivity contribution in [3.63, 3.8) is 0 Å². The number of nitrogens with zero attached hydrogens (tertiary/aromatic N) is 2. The number of carbonyl (C=O) groups excluding carboxylic acids is 2. The molecule has 0 saturated carbocycles. The molecule has 2 aromatic rings. The number of anilines is 1. The van der Waals surface area contributed by atoms with Crippen LogP contribution in [0.15, 0.2) is 41.1 Å². The molecule has 2 heterocycles. The highest BCUT2D eigenvalue weighted by Crippen LogP contribution is 2.23. The van der Waals surface area contributed by atoms with Gasteiger partial charge in [0.15, 0.2) is 0 Å². The Balaban J connectivity index is 1.70. The van der Waals surface area contributed by atoms with E-state index in [1.165, 1.54) is 5.56 Å². The lowest BCUT2D eigenvalue weighted by molar-refractivity contribution is 0.0935. The molecule has 6 nitrogen and oxygen atoms in total. The fraction of sp³-hybridized carbons (Fsp3) is 0.400. The second-order valence-corrected chi connectivity index (χ2v) is 7.10. The largest absolute Gasteiger partial charge is 0.447 e. The van der Waals surface area contributed by atoms with E-state index in [1.807, 2.05) is 6.07 Å². The van der Waals surface area contributed by atoms with Crippen LogP contribution in [0.3, 0.4) is 0 Å². The number of hydrogen-bond acceptors (Lipinski definition) is 5. The summed E-state index contributed by atoms with van der Waals surface area (Å²) in [5, 5.41) is 7.25. The molecule has 1 aromatic heterocycles. The van der Waals surface area contributed by atoms with E-state index in [-0.39, 0.29) is 18.0 Å². The molecule has 1 aromatic carbocycles. The van der Waals surface area contributed by atoms with Gasteiger partial charge in [0.1, 0.15) is 6.61 Å². The quantitative estimate of drug-likeness (QED) is 0.753. The van der Waals surface area contributed by atoms with Gasteiger partial charge in [0.25, 0.3) is 5.91 Å². The summed E-state index contributed by atoms with van der Waals surface area (Å²) in [6, 6.07) is 9.35. The normalized spacial score (nSPS) is 15.1. The molecule has 7 heteroatoms. The monoisotopic (exact) mass is 387 g/mol. The van der Waals surface area contributed by atoms with Gasteiger partial charge >= 0.3 is 6.09 Å². The molecular formula is C20H25N3O3S. The molecule has 1 aliphatic rings. The van der Waals surface area contributed by atoms with Gasteiger partial charge in [0.05, 0.1) is 12.6 Å². The van der Waals surface area contributed by atoms with Gasteiger partial charge in [-0.1, -0.05) is 19.9 Å². The summed E-state index contributed by atoms with van der Waals surface area (Å²) in [5.41, 5.74) is 2.44. The van der Waals surface area contributed by atoms with E-state index in [4.69, 9.17) is 4.74 Å². The zero-order valence-electron chi connectivity index (χ0n) is 15.7. The van der Waals surface area contributed by atoms with Crippen molar-refractivity contribution in [3.05, 3.63) is 52.2 Å². The van der Waals surface area contributed by atoms with Gasteiger partial charge in [0.2, 0.25) is 0 Å². The van der Waals surface area contributed by atoms with Crippen LogP contribution in [0.2, 0.25) is 0 Å². The molecule has 144 valence electrons. The van der Waals surface area contributed by atoms with E-state index in [0.717, 1.165) is 13.1 Å². The summed E-state index contributed by atoms with van der Waals surface area (Å²) < 4.78 is 4.97. The van der Waals surface area contributed by atoms with Crippen molar-refractivity contribution in [1.29, 1.82) is 0 Å². The molecule has 1 saturated heterocycles. The predicted molar refractivity (Wildman–Crippen MR) is 107 cm³/mol. The third kappa shape index (κ3) is 4.48. The van der Waals surface area contributed by atoms with Crippen LogP contribution in [0.1, 0.15) is 35.8 Å². The lowest BCUT2D eigenvalue weighted by Crippen LogP contribution is -2.38. The topological polar surface area (TPSA) is 61.9 Å². The second kappa shape index (κ2) is 9.01. The van der Waals surface area contributed by atoms with Crippen LogP contribution in [0.25, 0.3) is 0 Å². The molecule has 1 unspecified atom stereocenters. The summed E-state index contributed by atoms with van der Waals surface area (Å²) in [4.78, 5) is 28.3. The Bertz CT molecular complexity index is 775. The van der Waals surface area contributed by atoms with Gasteiger partial charge in [-0.3, -0.25) is 14.6 Å². The van der Waals surface area contributed by atoms with Crippen LogP contribution in [0.5, 0.6) is 0 Å².